The Hall–Kier alpha value is -3.78. The van der Waals surface area contributed by atoms with Crippen LogP contribution in [-0.2, 0) is 9.59 Å². The Morgan fingerprint density at radius 1 is 0.824 bits per heavy atom. The minimum Gasteiger partial charge on any atom is -0.495 e. The molecule has 8 heteroatoms. The Morgan fingerprint density at radius 3 is 2.15 bits per heavy atom. The van der Waals surface area contributed by atoms with Crippen LogP contribution in [0.5, 0.6) is 11.5 Å². The number of benzene rings is 3. The maximum Gasteiger partial charge on any atom is 0.414 e. The molecule has 1 aliphatic rings. The molecule has 1 aliphatic heterocycles. The fourth-order valence-electron chi connectivity index (χ4n) is 3.90. The van der Waals surface area contributed by atoms with E-state index >= 15 is 0 Å². The average molecular weight is 467 g/mol. The van der Waals surface area contributed by atoms with E-state index in [2.05, 4.69) is 64.4 Å². The number of para-hydroxylation sites is 2. The Labute approximate surface area is 198 Å². The van der Waals surface area contributed by atoms with Gasteiger partial charge in [-0.2, -0.15) is 0 Å². The summed E-state index contributed by atoms with van der Waals surface area (Å²) in [6, 6.07) is 22.9. The average Bonchev–Trinajstić information content (AvgIpc) is 2.87. The van der Waals surface area contributed by atoms with Crippen LogP contribution >= 0.6 is 0 Å². The van der Waals surface area contributed by atoms with Crippen molar-refractivity contribution in [3.05, 3.63) is 66.7 Å². The Morgan fingerprint density at radius 2 is 1.44 bits per heavy atom. The van der Waals surface area contributed by atoms with Gasteiger partial charge >= 0.3 is 11.9 Å². The number of hydrogen-bond donors (Lipinski definition) is 2. The number of rotatable bonds is 7. The molecule has 0 radical (unpaired) electrons. The van der Waals surface area contributed by atoms with Crippen molar-refractivity contribution in [1.29, 1.82) is 0 Å². The molecule has 1 heterocycles. The normalized spacial score (nSPS) is 13.6. The highest BCUT2D eigenvalue weighted by molar-refractivity contribution is 6.27. The highest BCUT2D eigenvalue weighted by atomic mass is 16.5. The van der Waals surface area contributed by atoms with Crippen molar-refractivity contribution in [2.45, 2.75) is 6.42 Å². The number of fused-ring (bicyclic) bond motifs is 1. The summed E-state index contributed by atoms with van der Waals surface area (Å²) in [5.41, 5.74) is 1.20. The lowest BCUT2D eigenvalue weighted by Crippen LogP contribution is -2.46. The molecule has 8 nitrogen and oxygen atoms in total. The fraction of sp³-hybridized carbons (Fsp3) is 0.308. The highest BCUT2D eigenvalue weighted by Crippen LogP contribution is 2.28. The van der Waals surface area contributed by atoms with E-state index in [9.17, 15) is 0 Å². The van der Waals surface area contributed by atoms with Crippen molar-refractivity contribution in [1.82, 2.24) is 4.90 Å². The number of piperazine rings is 1. The Balaban J connectivity index is 0.000000481. The van der Waals surface area contributed by atoms with Crippen molar-refractivity contribution in [3.8, 4) is 11.5 Å². The molecule has 0 unspecified atom stereocenters. The molecule has 0 spiro atoms. The predicted octanol–water partition coefficient (Wildman–Crippen LogP) is 3.60. The largest absolute Gasteiger partial charge is 0.495 e. The van der Waals surface area contributed by atoms with E-state index in [1.54, 1.807) is 7.11 Å². The van der Waals surface area contributed by atoms with Gasteiger partial charge in [0.1, 0.15) is 11.5 Å². The van der Waals surface area contributed by atoms with Crippen LogP contribution in [-0.4, -0.2) is 73.5 Å². The summed E-state index contributed by atoms with van der Waals surface area (Å²) in [5.74, 6) is -1.71. The molecule has 3 aromatic carbocycles. The second kappa shape index (κ2) is 12.5. The van der Waals surface area contributed by atoms with E-state index in [-0.39, 0.29) is 0 Å². The molecule has 0 bridgehead atoms. The highest BCUT2D eigenvalue weighted by Gasteiger charge is 2.19. The van der Waals surface area contributed by atoms with Gasteiger partial charge in [-0.15, -0.1) is 0 Å². The van der Waals surface area contributed by atoms with Crippen LogP contribution in [0.4, 0.5) is 5.69 Å². The lowest BCUT2D eigenvalue weighted by atomic mass is 10.1. The van der Waals surface area contributed by atoms with E-state index in [1.807, 2.05) is 12.1 Å². The Kier molecular flexibility index (Phi) is 9.11. The van der Waals surface area contributed by atoms with Crippen LogP contribution in [0.1, 0.15) is 6.42 Å². The molecule has 3 aromatic rings. The molecule has 0 aromatic heterocycles. The number of methoxy groups -OCH3 is 1. The molecule has 0 saturated carbocycles. The zero-order valence-corrected chi connectivity index (χ0v) is 19.2. The molecular formula is C26H30N2O6. The zero-order chi connectivity index (χ0) is 24.3. The van der Waals surface area contributed by atoms with E-state index in [0.29, 0.717) is 0 Å². The SMILES string of the molecule is COc1ccccc1N1CCN(CCCOc2cccc3ccccc23)CC1.O=C(O)C(=O)O. The van der Waals surface area contributed by atoms with Gasteiger partial charge in [0.25, 0.3) is 0 Å². The summed E-state index contributed by atoms with van der Waals surface area (Å²) < 4.78 is 11.6. The first-order chi connectivity index (χ1) is 16.5. The lowest BCUT2D eigenvalue weighted by Gasteiger charge is -2.36. The summed E-state index contributed by atoms with van der Waals surface area (Å²) >= 11 is 0. The second-order valence-electron chi connectivity index (χ2n) is 7.79. The number of ether oxygens (including phenoxy) is 2. The van der Waals surface area contributed by atoms with Crippen molar-refractivity contribution in [2.24, 2.45) is 0 Å². The van der Waals surface area contributed by atoms with Crippen molar-refractivity contribution < 1.29 is 29.3 Å². The number of nitrogens with zero attached hydrogens (tertiary/aromatic N) is 2. The van der Waals surface area contributed by atoms with Crippen LogP contribution < -0.4 is 14.4 Å². The molecule has 1 fully saturated rings. The van der Waals surface area contributed by atoms with Crippen molar-refractivity contribution in [2.75, 3.05) is 51.3 Å². The molecule has 0 aliphatic carbocycles. The molecule has 1 saturated heterocycles. The monoisotopic (exact) mass is 466 g/mol. The zero-order valence-electron chi connectivity index (χ0n) is 19.2. The Bertz CT molecular complexity index is 1080. The third kappa shape index (κ3) is 6.86. The third-order valence-electron chi connectivity index (χ3n) is 5.61. The van der Waals surface area contributed by atoms with Gasteiger partial charge in [0, 0.05) is 38.1 Å². The minimum atomic E-state index is -1.82. The second-order valence-corrected chi connectivity index (χ2v) is 7.79. The number of carboxylic acid groups (broad SMARTS) is 2. The van der Waals surface area contributed by atoms with Gasteiger partial charge in [-0.1, -0.05) is 48.5 Å². The number of aliphatic carboxylic acids is 2. The number of anilines is 1. The van der Waals surface area contributed by atoms with Gasteiger partial charge < -0.3 is 24.6 Å². The summed E-state index contributed by atoms with van der Waals surface area (Å²) in [6.07, 6.45) is 1.04. The smallest absolute Gasteiger partial charge is 0.414 e. The fourth-order valence-corrected chi connectivity index (χ4v) is 3.90. The van der Waals surface area contributed by atoms with E-state index in [0.717, 1.165) is 57.3 Å². The van der Waals surface area contributed by atoms with E-state index in [4.69, 9.17) is 29.3 Å². The van der Waals surface area contributed by atoms with Crippen molar-refractivity contribution in [3.63, 3.8) is 0 Å². The van der Waals surface area contributed by atoms with Gasteiger partial charge in [0.05, 0.1) is 19.4 Å². The molecule has 4 rings (SSSR count). The van der Waals surface area contributed by atoms with Gasteiger partial charge in [-0.05, 0) is 30.0 Å². The number of hydrogen-bond acceptors (Lipinski definition) is 6. The first-order valence-corrected chi connectivity index (χ1v) is 11.2. The van der Waals surface area contributed by atoms with E-state index < -0.39 is 11.9 Å². The molecule has 34 heavy (non-hydrogen) atoms. The predicted molar refractivity (Wildman–Crippen MR) is 131 cm³/mol. The summed E-state index contributed by atoms with van der Waals surface area (Å²) in [4.78, 5) is 23.1. The molecule has 2 N–H and O–H groups in total. The number of carbonyl (C=O) groups is 2. The quantitative estimate of drug-likeness (QED) is 0.403. The first kappa shape index (κ1) is 24.9. The maximum absolute atomic E-state index is 9.10. The summed E-state index contributed by atoms with van der Waals surface area (Å²) in [7, 11) is 1.74. The summed E-state index contributed by atoms with van der Waals surface area (Å²) in [6.45, 7) is 6.04. The van der Waals surface area contributed by atoms with Gasteiger partial charge in [0.15, 0.2) is 0 Å². The van der Waals surface area contributed by atoms with Crippen LogP contribution in [0.15, 0.2) is 66.7 Å². The topological polar surface area (TPSA) is 99.5 Å². The third-order valence-corrected chi connectivity index (χ3v) is 5.61. The van der Waals surface area contributed by atoms with Gasteiger partial charge in [0.2, 0.25) is 0 Å². The van der Waals surface area contributed by atoms with Crippen molar-refractivity contribution >= 4 is 28.4 Å². The minimum absolute atomic E-state index is 0.751. The molecular weight excluding hydrogens is 436 g/mol. The van der Waals surface area contributed by atoms with E-state index in [1.165, 1.54) is 16.5 Å². The maximum atomic E-state index is 9.10. The van der Waals surface area contributed by atoms with Crippen LogP contribution in [0.2, 0.25) is 0 Å². The lowest BCUT2D eigenvalue weighted by molar-refractivity contribution is -0.159. The molecule has 0 atom stereocenters. The van der Waals surface area contributed by atoms with Crippen LogP contribution in [0.25, 0.3) is 10.8 Å². The van der Waals surface area contributed by atoms with Crippen LogP contribution in [0, 0.1) is 0 Å². The standard InChI is InChI=1S/C24H28N2O2.C2H2O4/c1-27-24-12-5-4-11-22(24)26-17-15-25(16-18-26)14-7-19-28-23-13-6-9-20-8-2-3-10-21(20)23;3-1(4)2(5)6/h2-6,8-13H,7,14-19H2,1H3;(H,3,4)(H,5,6). The van der Waals surface area contributed by atoms with Gasteiger partial charge in [-0.3, -0.25) is 4.90 Å². The molecule has 180 valence electrons. The molecule has 0 amide bonds. The van der Waals surface area contributed by atoms with Crippen LogP contribution in [0.3, 0.4) is 0 Å². The number of carboxylic acids is 2. The summed E-state index contributed by atoms with van der Waals surface area (Å²) in [5, 5.41) is 17.2. The first-order valence-electron chi connectivity index (χ1n) is 11.2. The van der Waals surface area contributed by atoms with Gasteiger partial charge in [-0.25, -0.2) is 9.59 Å².